The van der Waals surface area contributed by atoms with Gasteiger partial charge in [-0.15, -0.1) is 0 Å². The minimum Gasteiger partial charge on any atom is -0.423 e. The molecule has 4 rings (SSSR count). The van der Waals surface area contributed by atoms with Gasteiger partial charge < -0.3 is 19.8 Å². The maximum atomic E-state index is 13.3. The number of hydrogen-bond acceptors (Lipinski definition) is 5. The largest absolute Gasteiger partial charge is 0.423 e. The Labute approximate surface area is 185 Å². The van der Waals surface area contributed by atoms with Crippen LogP contribution in [0.3, 0.4) is 0 Å². The highest BCUT2D eigenvalue weighted by Gasteiger charge is 2.27. The fourth-order valence-corrected chi connectivity index (χ4v) is 3.87. The standard InChI is InChI=1S/C25H26FN3O3/c1-4-25(31,5-2)22-14-27-24(29-22)28-15(3)17-8-11-19-20(13-23(30)32-21(19)12-17)16-6-9-18(26)10-7-16/h6-15,31H,4-5H2,1-3H3,(H2,27,28,29). The molecule has 7 heteroatoms. The average molecular weight is 435 g/mol. The Balaban J connectivity index is 1.64. The summed E-state index contributed by atoms with van der Waals surface area (Å²) in [6, 6.07) is 13.0. The lowest BCUT2D eigenvalue weighted by Gasteiger charge is -2.23. The number of nitrogens with zero attached hydrogens (tertiary/aromatic N) is 1. The number of benzene rings is 2. The molecule has 1 unspecified atom stereocenters. The Morgan fingerprint density at radius 1 is 1.16 bits per heavy atom. The smallest absolute Gasteiger partial charge is 0.336 e. The van der Waals surface area contributed by atoms with Crippen LogP contribution in [-0.4, -0.2) is 15.1 Å². The maximum Gasteiger partial charge on any atom is 0.336 e. The van der Waals surface area contributed by atoms with Gasteiger partial charge in [-0.1, -0.05) is 38.1 Å². The fraction of sp³-hybridized carbons (Fsp3) is 0.280. The van der Waals surface area contributed by atoms with Crippen LogP contribution in [0.5, 0.6) is 0 Å². The summed E-state index contributed by atoms with van der Waals surface area (Å²) in [5.41, 5.74) is 2.06. The average Bonchev–Trinajstić information content (AvgIpc) is 3.27. The third kappa shape index (κ3) is 4.16. The third-order valence-corrected chi connectivity index (χ3v) is 6.02. The van der Waals surface area contributed by atoms with Gasteiger partial charge in [0, 0.05) is 11.5 Å². The summed E-state index contributed by atoms with van der Waals surface area (Å²) in [6.07, 6.45) is 2.82. The van der Waals surface area contributed by atoms with Crippen LogP contribution in [0.2, 0.25) is 0 Å². The molecule has 1 atom stereocenters. The van der Waals surface area contributed by atoms with Gasteiger partial charge in [-0.05, 0) is 54.7 Å². The molecule has 0 saturated heterocycles. The molecule has 0 spiro atoms. The Morgan fingerprint density at radius 3 is 2.56 bits per heavy atom. The van der Waals surface area contributed by atoms with E-state index < -0.39 is 11.2 Å². The highest BCUT2D eigenvalue weighted by Crippen LogP contribution is 2.31. The molecular weight excluding hydrogens is 409 g/mol. The molecule has 0 aliphatic carbocycles. The van der Waals surface area contributed by atoms with Crippen LogP contribution in [0.15, 0.2) is 63.9 Å². The number of hydrogen-bond donors (Lipinski definition) is 3. The van der Waals surface area contributed by atoms with E-state index in [-0.39, 0.29) is 11.9 Å². The lowest BCUT2D eigenvalue weighted by Crippen LogP contribution is -2.24. The van der Waals surface area contributed by atoms with Crippen LogP contribution < -0.4 is 10.9 Å². The number of H-pyrrole nitrogens is 1. The zero-order valence-corrected chi connectivity index (χ0v) is 18.3. The van der Waals surface area contributed by atoms with Gasteiger partial charge >= 0.3 is 5.63 Å². The topological polar surface area (TPSA) is 91.2 Å². The molecule has 2 aromatic carbocycles. The quantitative estimate of drug-likeness (QED) is 0.333. The van der Waals surface area contributed by atoms with Crippen LogP contribution >= 0.6 is 0 Å². The molecule has 2 aromatic heterocycles. The Bertz CT molecular complexity index is 1290. The number of halogens is 1. The van der Waals surface area contributed by atoms with Crippen LogP contribution in [0.1, 0.15) is 50.9 Å². The highest BCUT2D eigenvalue weighted by atomic mass is 19.1. The first kappa shape index (κ1) is 21.8. The van der Waals surface area contributed by atoms with Gasteiger partial charge in [0.15, 0.2) is 0 Å². The molecule has 0 fully saturated rings. The van der Waals surface area contributed by atoms with E-state index in [1.54, 1.807) is 18.3 Å². The first-order valence-electron chi connectivity index (χ1n) is 10.7. The summed E-state index contributed by atoms with van der Waals surface area (Å²) >= 11 is 0. The third-order valence-electron chi connectivity index (χ3n) is 6.02. The molecule has 4 aromatic rings. The molecule has 166 valence electrons. The van der Waals surface area contributed by atoms with Gasteiger partial charge in [-0.25, -0.2) is 14.2 Å². The van der Waals surface area contributed by atoms with Crippen molar-refractivity contribution in [3.63, 3.8) is 0 Å². The Kier molecular flexibility index (Phi) is 5.84. The summed E-state index contributed by atoms with van der Waals surface area (Å²) in [5, 5.41) is 14.7. The summed E-state index contributed by atoms with van der Waals surface area (Å²) in [7, 11) is 0. The van der Waals surface area contributed by atoms with E-state index in [9.17, 15) is 14.3 Å². The summed E-state index contributed by atoms with van der Waals surface area (Å²) < 4.78 is 18.8. The molecule has 0 saturated carbocycles. The monoisotopic (exact) mass is 435 g/mol. The maximum absolute atomic E-state index is 13.3. The number of aliphatic hydroxyl groups is 1. The second-order valence-electron chi connectivity index (χ2n) is 7.99. The SMILES string of the molecule is CCC(O)(CC)c1cnc(NC(C)c2ccc3c(-c4ccc(F)cc4)cc(=O)oc3c2)[nH]1. The Morgan fingerprint density at radius 2 is 1.88 bits per heavy atom. The van der Waals surface area contributed by atoms with Gasteiger partial charge in [0.25, 0.3) is 0 Å². The molecule has 0 bridgehead atoms. The van der Waals surface area contributed by atoms with Crippen molar-refractivity contribution >= 4 is 16.9 Å². The molecule has 0 amide bonds. The van der Waals surface area contributed by atoms with Crippen molar-refractivity contribution in [3.05, 3.63) is 82.2 Å². The number of fused-ring (bicyclic) bond motifs is 1. The minimum absolute atomic E-state index is 0.144. The van der Waals surface area contributed by atoms with E-state index in [0.29, 0.717) is 35.6 Å². The van der Waals surface area contributed by atoms with Gasteiger partial charge in [0.1, 0.15) is 17.0 Å². The highest BCUT2D eigenvalue weighted by molar-refractivity contribution is 5.93. The van der Waals surface area contributed by atoms with Crippen molar-refractivity contribution in [2.24, 2.45) is 0 Å². The van der Waals surface area contributed by atoms with E-state index in [2.05, 4.69) is 15.3 Å². The first-order valence-corrected chi connectivity index (χ1v) is 10.7. The molecule has 32 heavy (non-hydrogen) atoms. The van der Waals surface area contributed by atoms with Crippen molar-refractivity contribution in [3.8, 4) is 11.1 Å². The molecular formula is C25H26FN3O3. The molecule has 0 aliphatic rings. The molecule has 6 nitrogen and oxygen atoms in total. The van der Waals surface area contributed by atoms with Crippen molar-refractivity contribution in [1.82, 2.24) is 9.97 Å². The van der Waals surface area contributed by atoms with Crippen molar-refractivity contribution in [2.75, 3.05) is 5.32 Å². The van der Waals surface area contributed by atoms with E-state index in [1.165, 1.54) is 18.2 Å². The van der Waals surface area contributed by atoms with Gasteiger partial charge in [0.05, 0.1) is 17.9 Å². The normalized spacial score (nSPS) is 12.8. The summed E-state index contributed by atoms with van der Waals surface area (Å²) in [4.78, 5) is 19.7. The van der Waals surface area contributed by atoms with Crippen molar-refractivity contribution < 1.29 is 13.9 Å². The predicted octanol–water partition coefficient (Wildman–Crippen LogP) is 5.50. The van der Waals surface area contributed by atoms with E-state index in [0.717, 1.165) is 16.5 Å². The summed E-state index contributed by atoms with van der Waals surface area (Å²) in [6.45, 7) is 5.84. The second-order valence-corrected chi connectivity index (χ2v) is 7.99. The predicted molar refractivity (Wildman–Crippen MR) is 123 cm³/mol. The second kappa shape index (κ2) is 8.59. The molecule has 2 heterocycles. The molecule has 3 N–H and O–H groups in total. The molecule has 0 radical (unpaired) electrons. The number of rotatable bonds is 7. The van der Waals surface area contributed by atoms with E-state index in [4.69, 9.17) is 4.42 Å². The first-order chi connectivity index (χ1) is 15.3. The zero-order chi connectivity index (χ0) is 22.9. The van der Waals surface area contributed by atoms with Crippen molar-refractivity contribution in [1.29, 1.82) is 0 Å². The number of anilines is 1. The van der Waals surface area contributed by atoms with Crippen LogP contribution in [0.4, 0.5) is 10.3 Å². The van der Waals surface area contributed by atoms with Crippen LogP contribution in [0, 0.1) is 5.82 Å². The van der Waals surface area contributed by atoms with E-state index in [1.807, 2.05) is 39.0 Å². The van der Waals surface area contributed by atoms with Crippen molar-refractivity contribution in [2.45, 2.75) is 45.3 Å². The lowest BCUT2D eigenvalue weighted by molar-refractivity contribution is 0.0245. The Hall–Kier alpha value is -3.45. The zero-order valence-electron chi connectivity index (χ0n) is 18.3. The van der Waals surface area contributed by atoms with Gasteiger partial charge in [0.2, 0.25) is 5.95 Å². The van der Waals surface area contributed by atoms with Gasteiger partial charge in [-0.3, -0.25) is 0 Å². The minimum atomic E-state index is -0.931. The number of aromatic nitrogens is 2. The molecule has 0 aliphatic heterocycles. The lowest BCUT2D eigenvalue weighted by atomic mass is 9.94. The van der Waals surface area contributed by atoms with Crippen LogP contribution in [0.25, 0.3) is 22.1 Å². The van der Waals surface area contributed by atoms with Crippen LogP contribution in [-0.2, 0) is 5.60 Å². The summed E-state index contributed by atoms with van der Waals surface area (Å²) in [5.74, 6) is 0.218. The van der Waals surface area contributed by atoms with E-state index >= 15 is 0 Å². The van der Waals surface area contributed by atoms with Gasteiger partial charge in [-0.2, -0.15) is 0 Å². The number of aromatic amines is 1. The number of imidazole rings is 1. The number of nitrogens with one attached hydrogen (secondary N) is 2. The fourth-order valence-electron chi connectivity index (χ4n) is 3.87.